The van der Waals surface area contributed by atoms with Crippen molar-refractivity contribution in [1.29, 1.82) is 0 Å². The summed E-state index contributed by atoms with van der Waals surface area (Å²) in [5.41, 5.74) is 0. The van der Waals surface area contributed by atoms with Gasteiger partial charge in [0.25, 0.3) is 0 Å². The molecule has 0 aromatic rings. The third-order valence-electron chi connectivity index (χ3n) is 5.62. The van der Waals surface area contributed by atoms with Crippen LogP contribution in [0.5, 0.6) is 0 Å². The van der Waals surface area contributed by atoms with Crippen LogP contribution in [0.1, 0.15) is 58.3 Å². The summed E-state index contributed by atoms with van der Waals surface area (Å²) in [6.45, 7) is 8.89. The molecule has 3 nitrogen and oxygen atoms in total. The molecular weight excluding hydrogens is 246 g/mol. The Kier molecular flexibility index (Phi) is 5.36. The van der Waals surface area contributed by atoms with Crippen molar-refractivity contribution >= 4 is 0 Å². The first kappa shape index (κ1) is 14.8. The van der Waals surface area contributed by atoms with Crippen LogP contribution in [0.3, 0.4) is 0 Å². The zero-order chi connectivity index (χ0) is 13.8. The number of nitrogens with zero attached hydrogens (tertiary/aromatic N) is 2. The minimum atomic E-state index is 0.779. The Balaban J connectivity index is 1.29. The topological polar surface area (TPSA) is 18.5 Å². The summed E-state index contributed by atoms with van der Waals surface area (Å²) in [7, 11) is 0. The lowest BCUT2D eigenvalue weighted by molar-refractivity contribution is 0.0721. The molecule has 1 atom stereocenters. The van der Waals surface area contributed by atoms with E-state index in [1.807, 2.05) is 0 Å². The van der Waals surface area contributed by atoms with E-state index >= 15 is 0 Å². The summed E-state index contributed by atoms with van der Waals surface area (Å²) < 4.78 is 0. The fraction of sp³-hybridized carbons (Fsp3) is 1.00. The molecule has 1 N–H and O–H groups in total. The summed E-state index contributed by atoms with van der Waals surface area (Å²) in [6.07, 6.45) is 11.4. The molecule has 0 radical (unpaired) electrons. The molecule has 1 unspecified atom stereocenters. The molecule has 2 aliphatic carbocycles. The van der Waals surface area contributed by atoms with Gasteiger partial charge in [-0.1, -0.05) is 12.8 Å². The fourth-order valence-electron chi connectivity index (χ4n) is 3.99. The normalized spacial score (nSPS) is 28.1. The van der Waals surface area contributed by atoms with Gasteiger partial charge in [0.1, 0.15) is 0 Å². The van der Waals surface area contributed by atoms with Crippen molar-refractivity contribution in [3.8, 4) is 0 Å². The molecule has 1 aliphatic heterocycles. The largest absolute Gasteiger partial charge is 0.314 e. The van der Waals surface area contributed by atoms with Gasteiger partial charge < -0.3 is 5.32 Å². The quantitative estimate of drug-likeness (QED) is 0.722. The van der Waals surface area contributed by atoms with Crippen molar-refractivity contribution in [3.63, 3.8) is 0 Å². The van der Waals surface area contributed by atoms with Crippen molar-refractivity contribution in [2.75, 3.05) is 32.7 Å². The average Bonchev–Trinajstić information content (AvgIpc) is 3.14. The van der Waals surface area contributed by atoms with Crippen LogP contribution in [0.4, 0.5) is 0 Å². The van der Waals surface area contributed by atoms with Crippen molar-refractivity contribution in [2.45, 2.75) is 76.4 Å². The Hall–Kier alpha value is -0.120. The van der Waals surface area contributed by atoms with Gasteiger partial charge in [0.15, 0.2) is 0 Å². The van der Waals surface area contributed by atoms with E-state index in [0.717, 1.165) is 18.1 Å². The van der Waals surface area contributed by atoms with Gasteiger partial charge >= 0.3 is 0 Å². The highest BCUT2D eigenvalue weighted by atomic mass is 15.3. The molecule has 0 aromatic carbocycles. The van der Waals surface area contributed by atoms with Gasteiger partial charge in [0.05, 0.1) is 0 Å². The van der Waals surface area contributed by atoms with Crippen LogP contribution in [-0.4, -0.2) is 60.6 Å². The molecule has 1 heterocycles. The van der Waals surface area contributed by atoms with E-state index in [1.54, 1.807) is 0 Å². The molecule has 3 fully saturated rings. The van der Waals surface area contributed by atoms with E-state index < -0.39 is 0 Å². The summed E-state index contributed by atoms with van der Waals surface area (Å²) in [6, 6.07) is 2.58. The van der Waals surface area contributed by atoms with Gasteiger partial charge in [-0.3, -0.25) is 9.80 Å². The third kappa shape index (κ3) is 4.19. The first-order valence-corrected chi connectivity index (χ1v) is 9.04. The van der Waals surface area contributed by atoms with Crippen molar-refractivity contribution in [2.24, 2.45) is 0 Å². The molecule has 1 saturated heterocycles. The smallest absolute Gasteiger partial charge is 0.0113 e. The Bertz CT molecular complexity index is 276. The Morgan fingerprint density at radius 2 is 1.70 bits per heavy atom. The van der Waals surface area contributed by atoms with Crippen molar-refractivity contribution < 1.29 is 0 Å². The maximum atomic E-state index is 3.63. The van der Waals surface area contributed by atoms with Gasteiger partial charge in [-0.2, -0.15) is 0 Å². The lowest BCUT2D eigenvalue weighted by atomic mass is 10.1. The summed E-state index contributed by atoms with van der Waals surface area (Å²) in [4.78, 5) is 5.49. The Morgan fingerprint density at radius 1 is 1.00 bits per heavy atom. The molecule has 0 aromatic heterocycles. The highest BCUT2D eigenvalue weighted by Gasteiger charge is 2.27. The molecule has 2 saturated carbocycles. The molecule has 3 rings (SSSR count). The monoisotopic (exact) mass is 279 g/mol. The zero-order valence-electron chi connectivity index (χ0n) is 13.3. The first-order valence-electron chi connectivity index (χ1n) is 9.04. The van der Waals surface area contributed by atoms with E-state index in [2.05, 4.69) is 22.0 Å². The van der Waals surface area contributed by atoms with Crippen LogP contribution in [0, 0.1) is 0 Å². The average molecular weight is 279 g/mol. The molecular formula is C17H33N3. The minimum Gasteiger partial charge on any atom is -0.314 e. The molecule has 3 aliphatic rings. The van der Waals surface area contributed by atoms with E-state index in [1.165, 1.54) is 84.1 Å². The summed E-state index contributed by atoms with van der Waals surface area (Å²) >= 11 is 0. The van der Waals surface area contributed by atoms with Crippen molar-refractivity contribution in [3.05, 3.63) is 0 Å². The van der Waals surface area contributed by atoms with Crippen LogP contribution in [0.15, 0.2) is 0 Å². The van der Waals surface area contributed by atoms with E-state index in [4.69, 9.17) is 0 Å². The second-order valence-corrected chi connectivity index (χ2v) is 7.23. The predicted molar refractivity (Wildman–Crippen MR) is 85.1 cm³/mol. The molecule has 3 heteroatoms. The number of hydrogen-bond donors (Lipinski definition) is 1. The van der Waals surface area contributed by atoms with Crippen LogP contribution in [0.2, 0.25) is 0 Å². The van der Waals surface area contributed by atoms with Crippen LogP contribution >= 0.6 is 0 Å². The maximum Gasteiger partial charge on any atom is 0.0113 e. The van der Waals surface area contributed by atoms with Gasteiger partial charge in [0, 0.05) is 44.3 Å². The molecule has 0 bridgehead atoms. The van der Waals surface area contributed by atoms with E-state index in [-0.39, 0.29) is 0 Å². The standard InChI is InChI=1S/C17H33N3/c1-15(5-4-10-18-16-8-9-16)19-11-13-20(14-12-19)17-6-2-3-7-17/h15-18H,2-14H2,1H3. The highest BCUT2D eigenvalue weighted by Crippen LogP contribution is 2.25. The van der Waals surface area contributed by atoms with E-state index in [0.29, 0.717) is 0 Å². The SMILES string of the molecule is CC(CCCNC1CC1)N1CCN(C2CCCC2)CC1. The Morgan fingerprint density at radius 3 is 2.35 bits per heavy atom. The van der Waals surface area contributed by atoms with Gasteiger partial charge in [-0.15, -0.1) is 0 Å². The predicted octanol–water partition coefficient (Wildman–Crippen LogP) is 2.47. The van der Waals surface area contributed by atoms with Crippen LogP contribution < -0.4 is 5.32 Å². The number of hydrogen-bond acceptors (Lipinski definition) is 3. The number of nitrogens with one attached hydrogen (secondary N) is 1. The summed E-state index contributed by atoms with van der Waals surface area (Å²) in [5.74, 6) is 0. The van der Waals surface area contributed by atoms with Crippen molar-refractivity contribution in [1.82, 2.24) is 15.1 Å². The molecule has 116 valence electrons. The molecule has 20 heavy (non-hydrogen) atoms. The molecule has 0 spiro atoms. The molecule has 0 amide bonds. The highest BCUT2D eigenvalue weighted by molar-refractivity contribution is 4.84. The number of rotatable bonds is 7. The van der Waals surface area contributed by atoms with Gasteiger partial charge in [-0.25, -0.2) is 0 Å². The fourth-order valence-corrected chi connectivity index (χ4v) is 3.99. The zero-order valence-corrected chi connectivity index (χ0v) is 13.3. The second kappa shape index (κ2) is 7.24. The third-order valence-corrected chi connectivity index (χ3v) is 5.62. The number of piperazine rings is 1. The van der Waals surface area contributed by atoms with Gasteiger partial charge in [0.2, 0.25) is 0 Å². The maximum absolute atomic E-state index is 3.63. The van der Waals surface area contributed by atoms with E-state index in [9.17, 15) is 0 Å². The lowest BCUT2D eigenvalue weighted by Gasteiger charge is -2.40. The summed E-state index contributed by atoms with van der Waals surface area (Å²) in [5, 5.41) is 3.63. The Labute approximate surface area is 125 Å². The van der Waals surface area contributed by atoms with Crippen LogP contribution in [0.25, 0.3) is 0 Å². The van der Waals surface area contributed by atoms with Gasteiger partial charge in [-0.05, 0) is 52.0 Å². The van der Waals surface area contributed by atoms with Crippen LogP contribution in [-0.2, 0) is 0 Å². The lowest BCUT2D eigenvalue weighted by Crippen LogP contribution is -2.52. The first-order chi connectivity index (χ1) is 9.83. The minimum absolute atomic E-state index is 0.779. The second-order valence-electron chi connectivity index (χ2n) is 7.23.